The van der Waals surface area contributed by atoms with E-state index in [-0.39, 0.29) is 40.3 Å². The number of hydrogen-bond acceptors (Lipinski definition) is 5. The van der Waals surface area contributed by atoms with E-state index in [9.17, 15) is 20.0 Å². The molecule has 2 aliphatic carbocycles. The summed E-state index contributed by atoms with van der Waals surface area (Å²) in [6.07, 6.45) is 8.32. The zero-order valence-electron chi connectivity index (χ0n) is 23.7. The van der Waals surface area contributed by atoms with Crippen molar-refractivity contribution in [3.63, 3.8) is 0 Å². The largest absolute Gasteiger partial charge is 0.386 e. The maximum absolute atomic E-state index is 14.2. The van der Waals surface area contributed by atoms with E-state index in [4.69, 9.17) is 4.74 Å². The monoisotopic (exact) mass is 531 g/mol. The van der Waals surface area contributed by atoms with Gasteiger partial charge >= 0.3 is 0 Å². The normalized spacial score (nSPS) is 19.9. The molecule has 3 fully saturated rings. The van der Waals surface area contributed by atoms with Crippen LogP contribution in [0.3, 0.4) is 0 Å². The van der Waals surface area contributed by atoms with E-state index >= 15 is 0 Å². The van der Waals surface area contributed by atoms with Crippen molar-refractivity contribution in [1.29, 1.82) is 5.26 Å². The van der Waals surface area contributed by atoms with E-state index in [1.54, 1.807) is 25.3 Å². The first-order valence-electron chi connectivity index (χ1n) is 14.5. The Hall–Kier alpha value is -2.95. The van der Waals surface area contributed by atoms with Crippen molar-refractivity contribution in [3.05, 3.63) is 51.8 Å². The van der Waals surface area contributed by atoms with Crippen LogP contribution in [-0.4, -0.2) is 40.6 Å². The number of carbonyl (C=O) groups excluding carboxylic acids is 2. The summed E-state index contributed by atoms with van der Waals surface area (Å²) < 4.78 is 7.16. The summed E-state index contributed by atoms with van der Waals surface area (Å²) in [4.78, 5) is 27.9. The van der Waals surface area contributed by atoms with E-state index in [1.165, 1.54) is 0 Å². The Bertz CT molecular complexity index is 1290. The lowest BCUT2D eigenvalue weighted by Gasteiger charge is -2.24. The quantitative estimate of drug-likeness (QED) is 0.452. The van der Waals surface area contributed by atoms with Crippen LogP contribution in [0, 0.1) is 24.2 Å². The molecule has 2 heterocycles. The number of nitrogens with one attached hydrogen (secondary N) is 1. The Kier molecular flexibility index (Phi) is 7.47. The molecule has 0 bridgehead atoms. The molecular weight excluding hydrogens is 490 g/mol. The number of carbonyl (C=O) groups is 2. The van der Waals surface area contributed by atoms with Crippen LogP contribution in [0.1, 0.15) is 122 Å². The Balaban J connectivity index is 1.70. The smallest absolute Gasteiger partial charge is 0.254 e. The van der Waals surface area contributed by atoms with Crippen LogP contribution >= 0.6 is 0 Å². The molecule has 5 rings (SSSR count). The van der Waals surface area contributed by atoms with Crippen LogP contribution < -0.4 is 5.32 Å². The molecule has 1 amide bonds. The third kappa shape index (κ3) is 5.42. The fourth-order valence-electron chi connectivity index (χ4n) is 6.20. The van der Waals surface area contributed by atoms with Crippen LogP contribution in [0.4, 0.5) is 0 Å². The highest BCUT2D eigenvalue weighted by Gasteiger charge is 2.41. The predicted molar refractivity (Wildman–Crippen MR) is 149 cm³/mol. The number of hydrogen-bond donors (Lipinski definition) is 2. The van der Waals surface area contributed by atoms with Crippen LogP contribution in [0.25, 0.3) is 5.69 Å². The van der Waals surface area contributed by atoms with Crippen molar-refractivity contribution >= 4 is 11.7 Å². The van der Waals surface area contributed by atoms with Crippen LogP contribution in [0.5, 0.6) is 0 Å². The molecule has 0 radical (unpaired) electrons. The average Bonchev–Trinajstić information content (AvgIpc) is 3.61. The van der Waals surface area contributed by atoms with Gasteiger partial charge in [0, 0.05) is 30.9 Å². The maximum Gasteiger partial charge on any atom is 0.254 e. The van der Waals surface area contributed by atoms with Crippen molar-refractivity contribution in [3.8, 4) is 11.8 Å². The Morgan fingerprint density at radius 3 is 2.36 bits per heavy atom. The number of rotatable bonds is 7. The number of nitriles is 1. The van der Waals surface area contributed by atoms with Crippen molar-refractivity contribution < 1.29 is 19.4 Å². The molecule has 2 saturated carbocycles. The number of ether oxygens (including phenoxy) is 1. The summed E-state index contributed by atoms with van der Waals surface area (Å²) in [6.45, 7) is 8.68. The highest BCUT2D eigenvalue weighted by Crippen LogP contribution is 2.49. The van der Waals surface area contributed by atoms with Gasteiger partial charge in [0.2, 0.25) is 0 Å². The lowest BCUT2D eigenvalue weighted by atomic mass is 9.84. The van der Waals surface area contributed by atoms with Gasteiger partial charge in [-0.2, -0.15) is 5.26 Å². The lowest BCUT2D eigenvalue weighted by molar-refractivity contribution is 0.0695. The molecule has 1 aromatic heterocycles. The van der Waals surface area contributed by atoms with Crippen molar-refractivity contribution in [2.45, 2.75) is 103 Å². The average molecular weight is 532 g/mol. The number of aromatic nitrogens is 1. The second-order valence-electron chi connectivity index (χ2n) is 12.6. The van der Waals surface area contributed by atoms with E-state index in [0.29, 0.717) is 30.2 Å². The molecular formula is C32H41N3O4. The molecule has 2 aromatic rings. The third-order valence-electron chi connectivity index (χ3n) is 9.09. The Morgan fingerprint density at radius 1 is 1.10 bits per heavy atom. The minimum Gasteiger partial charge on any atom is -0.386 e. The van der Waals surface area contributed by atoms with E-state index in [1.807, 2.05) is 18.2 Å². The first-order valence-corrected chi connectivity index (χ1v) is 14.5. The molecule has 7 nitrogen and oxygen atoms in total. The van der Waals surface area contributed by atoms with Crippen molar-refractivity contribution in [2.75, 3.05) is 13.2 Å². The second-order valence-corrected chi connectivity index (χ2v) is 12.6. The molecule has 1 aromatic carbocycles. The molecule has 0 unspecified atom stereocenters. The number of nitrogens with zero attached hydrogens (tertiary/aromatic N) is 2. The fraction of sp³-hybridized carbons (Fsp3) is 0.594. The minimum absolute atomic E-state index is 0.00154. The topological polar surface area (TPSA) is 104 Å². The molecule has 1 saturated heterocycles. The summed E-state index contributed by atoms with van der Waals surface area (Å²) >= 11 is 0. The molecule has 2 N–H and O–H groups in total. The van der Waals surface area contributed by atoms with Crippen LogP contribution in [0.15, 0.2) is 18.2 Å². The van der Waals surface area contributed by atoms with Crippen LogP contribution in [0.2, 0.25) is 0 Å². The van der Waals surface area contributed by atoms with Gasteiger partial charge in [-0.15, -0.1) is 0 Å². The highest BCUT2D eigenvalue weighted by molar-refractivity contribution is 6.05. The summed E-state index contributed by atoms with van der Waals surface area (Å²) in [5.74, 6) is -0.441. The number of ketones is 1. The first-order chi connectivity index (χ1) is 18.5. The van der Waals surface area contributed by atoms with Gasteiger partial charge in [-0.1, -0.05) is 32.3 Å². The van der Waals surface area contributed by atoms with E-state index in [0.717, 1.165) is 68.9 Å². The zero-order valence-corrected chi connectivity index (χ0v) is 23.7. The van der Waals surface area contributed by atoms with Gasteiger partial charge in [-0.25, -0.2) is 0 Å². The zero-order chi connectivity index (χ0) is 27.9. The second kappa shape index (κ2) is 10.6. The molecule has 7 heteroatoms. The third-order valence-corrected chi connectivity index (χ3v) is 9.09. The van der Waals surface area contributed by atoms with E-state index in [2.05, 4.69) is 18.3 Å². The summed E-state index contributed by atoms with van der Waals surface area (Å²) in [7, 11) is 0. The molecule has 0 atom stereocenters. The van der Waals surface area contributed by atoms with Crippen molar-refractivity contribution in [1.82, 2.24) is 9.88 Å². The van der Waals surface area contributed by atoms with Gasteiger partial charge in [-0.05, 0) is 93.5 Å². The Labute approximate surface area is 231 Å². The number of aliphatic hydroxyl groups is 1. The molecule has 208 valence electrons. The van der Waals surface area contributed by atoms with Gasteiger partial charge in [0.15, 0.2) is 5.78 Å². The predicted octanol–water partition coefficient (Wildman–Crippen LogP) is 5.61. The summed E-state index contributed by atoms with van der Waals surface area (Å²) in [5.41, 5.74) is 2.78. The van der Waals surface area contributed by atoms with Gasteiger partial charge < -0.3 is 15.2 Å². The summed E-state index contributed by atoms with van der Waals surface area (Å²) in [6, 6.07) is 8.22. The van der Waals surface area contributed by atoms with Gasteiger partial charge in [0.05, 0.1) is 16.9 Å². The molecule has 39 heavy (non-hydrogen) atoms. The maximum atomic E-state index is 14.2. The molecule has 0 spiro atoms. The molecule has 1 aliphatic heterocycles. The van der Waals surface area contributed by atoms with Crippen molar-refractivity contribution in [2.24, 2.45) is 5.92 Å². The summed E-state index contributed by atoms with van der Waals surface area (Å²) in [5, 5.41) is 24.6. The minimum atomic E-state index is -1.11. The van der Waals surface area contributed by atoms with Gasteiger partial charge in [0.1, 0.15) is 11.8 Å². The van der Waals surface area contributed by atoms with Gasteiger partial charge in [0.25, 0.3) is 5.91 Å². The van der Waals surface area contributed by atoms with E-state index < -0.39 is 5.60 Å². The first kappa shape index (κ1) is 27.6. The standard InChI is InChI=1S/C32H41N3O4/c1-20-27(30(37)34-24-10-14-39-15-11-24)26(19-33)35(28(20)29(36)21-8-6-5-7-9-21)25-17-22(31(2,3)38)16-23(18-25)32(4)12-13-32/h16-18,21,24,38H,5-15H2,1-4H3,(H,34,37). The SMILES string of the molecule is Cc1c(C(=O)NC2CCOCC2)c(C#N)n(-c2cc(C(C)(C)O)cc(C3(C)CC3)c2)c1C(=O)C1CCCCC1. The Morgan fingerprint density at radius 2 is 1.77 bits per heavy atom. The number of amides is 1. The molecule has 3 aliphatic rings. The number of Topliss-reactive ketones (excluding diaryl/α,β-unsaturated/α-hetero) is 1. The van der Waals surface area contributed by atoms with Gasteiger partial charge in [-0.3, -0.25) is 14.2 Å². The lowest BCUT2D eigenvalue weighted by Crippen LogP contribution is -2.39. The number of benzene rings is 1. The fourth-order valence-corrected chi connectivity index (χ4v) is 6.20. The van der Waals surface area contributed by atoms with Crippen LogP contribution in [-0.2, 0) is 15.8 Å². The highest BCUT2D eigenvalue weighted by atomic mass is 16.5.